The first-order chi connectivity index (χ1) is 14.3. The van der Waals surface area contributed by atoms with Gasteiger partial charge < -0.3 is 23.7 Å². The van der Waals surface area contributed by atoms with Crippen molar-refractivity contribution in [3.8, 4) is 5.75 Å². The maximum absolute atomic E-state index is 13.9. The summed E-state index contributed by atoms with van der Waals surface area (Å²) in [7, 11) is 0. The lowest BCUT2D eigenvalue weighted by Crippen LogP contribution is -2.33. The summed E-state index contributed by atoms with van der Waals surface area (Å²) in [5, 5.41) is 0. The maximum Gasteiger partial charge on any atom is 0.573 e. The van der Waals surface area contributed by atoms with Gasteiger partial charge in [0.1, 0.15) is 0 Å². The van der Waals surface area contributed by atoms with Crippen LogP contribution in [0.4, 0.5) is 17.6 Å². The minimum atomic E-state index is -4.95. The van der Waals surface area contributed by atoms with Crippen molar-refractivity contribution in [2.75, 3.05) is 26.4 Å². The zero-order valence-corrected chi connectivity index (χ0v) is 17.0. The van der Waals surface area contributed by atoms with Crippen molar-refractivity contribution in [1.29, 1.82) is 0 Å². The number of rotatable bonds is 8. The molecule has 2 fully saturated rings. The molecule has 1 aromatic carbocycles. The van der Waals surface area contributed by atoms with Gasteiger partial charge in [-0.05, 0) is 31.4 Å². The van der Waals surface area contributed by atoms with Crippen LogP contribution in [0.25, 0.3) is 0 Å². The molecule has 0 aromatic heterocycles. The number of unbranched alkanes of at least 4 members (excludes halogenated alkanes) is 1. The van der Waals surface area contributed by atoms with Crippen molar-refractivity contribution in [3.63, 3.8) is 0 Å². The van der Waals surface area contributed by atoms with Crippen LogP contribution in [0.2, 0.25) is 0 Å². The van der Waals surface area contributed by atoms with E-state index < -0.39 is 24.2 Å². The minimum absolute atomic E-state index is 0.143. The van der Waals surface area contributed by atoms with Crippen molar-refractivity contribution in [2.24, 2.45) is 11.8 Å². The van der Waals surface area contributed by atoms with Gasteiger partial charge in [0, 0.05) is 17.4 Å². The van der Waals surface area contributed by atoms with Crippen molar-refractivity contribution in [2.45, 2.75) is 58.0 Å². The fraction of sp³-hybridized carbons (Fsp3) is 0.714. The highest BCUT2D eigenvalue weighted by Crippen LogP contribution is 2.32. The molecule has 0 saturated carbocycles. The number of alkyl halides is 3. The van der Waals surface area contributed by atoms with Crippen molar-refractivity contribution in [1.82, 2.24) is 0 Å². The van der Waals surface area contributed by atoms with Crippen LogP contribution < -0.4 is 4.74 Å². The van der Waals surface area contributed by atoms with E-state index in [4.69, 9.17) is 18.9 Å². The molecule has 0 N–H and O–H groups in total. The highest BCUT2D eigenvalue weighted by Gasteiger charge is 2.33. The van der Waals surface area contributed by atoms with Gasteiger partial charge in [0.25, 0.3) is 0 Å². The molecule has 0 bridgehead atoms. The molecule has 30 heavy (non-hydrogen) atoms. The molecule has 0 unspecified atom stereocenters. The van der Waals surface area contributed by atoms with Crippen LogP contribution in [0.1, 0.15) is 50.9 Å². The van der Waals surface area contributed by atoms with Crippen molar-refractivity contribution in [3.05, 3.63) is 29.6 Å². The second kappa shape index (κ2) is 10.7. The van der Waals surface area contributed by atoms with E-state index in [1.165, 1.54) is 18.9 Å². The molecule has 0 atom stereocenters. The predicted molar refractivity (Wildman–Crippen MR) is 99.2 cm³/mol. The van der Waals surface area contributed by atoms with Crippen LogP contribution in [-0.4, -0.2) is 39.1 Å². The van der Waals surface area contributed by atoms with Gasteiger partial charge in [-0.1, -0.05) is 25.8 Å². The molecular weight excluding hydrogens is 408 g/mol. The number of ether oxygens (including phenoxy) is 5. The fourth-order valence-corrected chi connectivity index (χ4v) is 3.55. The van der Waals surface area contributed by atoms with Gasteiger partial charge in [0.05, 0.1) is 26.4 Å². The van der Waals surface area contributed by atoms with Gasteiger partial charge in [-0.3, -0.25) is 0 Å². The summed E-state index contributed by atoms with van der Waals surface area (Å²) in [5.41, 5.74) is 0.303. The van der Waals surface area contributed by atoms with E-state index in [-0.39, 0.29) is 12.2 Å². The lowest BCUT2D eigenvalue weighted by Gasteiger charge is -2.32. The molecule has 5 nitrogen and oxygen atoms in total. The third-order valence-electron chi connectivity index (χ3n) is 5.23. The lowest BCUT2D eigenvalue weighted by atomic mass is 10.0. The Bertz CT molecular complexity index is 653. The molecule has 9 heteroatoms. The van der Waals surface area contributed by atoms with Crippen LogP contribution in [-0.2, 0) is 18.9 Å². The molecule has 2 saturated heterocycles. The number of halogens is 4. The van der Waals surface area contributed by atoms with Crippen molar-refractivity contribution >= 4 is 0 Å². The quantitative estimate of drug-likeness (QED) is 0.515. The maximum atomic E-state index is 13.9. The van der Waals surface area contributed by atoms with Crippen LogP contribution in [0.15, 0.2) is 18.2 Å². The Labute approximate surface area is 173 Å². The zero-order valence-electron chi connectivity index (χ0n) is 17.0. The fourth-order valence-electron chi connectivity index (χ4n) is 3.55. The molecule has 0 amide bonds. The highest BCUT2D eigenvalue weighted by atomic mass is 19.4. The van der Waals surface area contributed by atoms with Crippen LogP contribution in [0.3, 0.4) is 0 Å². The molecule has 2 aliphatic rings. The van der Waals surface area contributed by atoms with E-state index in [9.17, 15) is 17.6 Å². The topological polar surface area (TPSA) is 46.2 Å². The number of benzene rings is 1. The van der Waals surface area contributed by atoms with Gasteiger partial charge in [-0.2, -0.15) is 0 Å². The molecule has 3 rings (SSSR count). The van der Waals surface area contributed by atoms with Gasteiger partial charge in [0.2, 0.25) is 0 Å². The highest BCUT2D eigenvalue weighted by molar-refractivity contribution is 5.30. The summed E-state index contributed by atoms with van der Waals surface area (Å²) in [4.78, 5) is 0. The molecule has 0 aliphatic carbocycles. The van der Waals surface area contributed by atoms with E-state index in [1.54, 1.807) is 0 Å². The Hall–Kier alpha value is -1.42. The third kappa shape index (κ3) is 7.08. The van der Waals surface area contributed by atoms with E-state index in [0.717, 1.165) is 44.6 Å². The zero-order chi connectivity index (χ0) is 21.6. The normalized spacial score (nSPS) is 27.8. The molecule has 0 radical (unpaired) electrons. The Morgan fingerprint density at radius 3 is 2.17 bits per heavy atom. The first-order valence-corrected chi connectivity index (χ1v) is 10.4. The Balaban J connectivity index is 1.38. The first kappa shape index (κ1) is 23.2. The van der Waals surface area contributed by atoms with E-state index in [2.05, 4.69) is 11.7 Å². The standard InChI is InChI=1S/C21H28F4O5/c1-2-3-4-14-10-26-19(27-11-14)8-5-15-12-28-20(29-13-15)16-6-7-18(17(22)9-16)30-21(23,24)25/h6-7,9,14-15,19-20H,2-5,8,10-13H2,1H3. The predicted octanol–water partition coefficient (Wildman–Crippen LogP) is 5.35. The van der Waals surface area contributed by atoms with E-state index >= 15 is 0 Å². The van der Waals surface area contributed by atoms with Gasteiger partial charge in [0.15, 0.2) is 24.1 Å². The lowest BCUT2D eigenvalue weighted by molar-refractivity contribution is -0.275. The third-order valence-corrected chi connectivity index (χ3v) is 5.23. The van der Waals surface area contributed by atoms with Crippen LogP contribution in [0.5, 0.6) is 5.75 Å². The second-order valence-corrected chi connectivity index (χ2v) is 7.78. The summed E-state index contributed by atoms with van der Waals surface area (Å²) in [6.07, 6.45) is -0.977. The first-order valence-electron chi connectivity index (χ1n) is 10.4. The summed E-state index contributed by atoms with van der Waals surface area (Å²) < 4.78 is 77.1. The molecule has 170 valence electrons. The molecular formula is C21H28F4O5. The van der Waals surface area contributed by atoms with Crippen LogP contribution in [0, 0.1) is 17.7 Å². The molecule has 2 aliphatic heterocycles. The van der Waals surface area contributed by atoms with Crippen molar-refractivity contribution < 1.29 is 41.2 Å². The molecule has 0 spiro atoms. The second-order valence-electron chi connectivity index (χ2n) is 7.78. The Kier molecular flexibility index (Phi) is 8.33. The summed E-state index contributed by atoms with van der Waals surface area (Å²) in [6, 6.07) is 3.15. The van der Waals surface area contributed by atoms with Gasteiger partial charge >= 0.3 is 6.36 Å². The summed E-state index contributed by atoms with van der Waals surface area (Å²) >= 11 is 0. The average molecular weight is 436 g/mol. The summed E-state index contributed by atoms with van der Waals surface area (Å²) in [6.45, 7) is 4.42. The monoisotopic (exact) mass is 436 g/mol. The number of hydrogen-bond donors (Lipinski definition) is 0. The largest absolute Gasteiger partial charge is 0.573 e. The molecule has 2 heterocycles. The Morgan fingerprint density at radius 1 is 0.933 bits per heavy atom. The smallest absolute Gasteiger partial charge is 0.403 e. The number of hydrogen-bond acceptors (Lipinski definition) is 5. The van der Waals surface area contributed by atoms with E-state index in [0.29, 0.717) is 24.7 Å². The SMILES string of the molecule is CCCCC1COC(CCC2COC(c3ccc(OC(F)(F)F)c(F)c3)OC2)OC1. The average Bonchev–Trinajstić information content (AvgIpc) is 2.72. The van der Waals surface area contributed by atoms with Gasteiger partial charge in [-0.25, -0.2) is 4.39 Å². The van der Waals surface area contributed by atoms with E-state index in [1.807, 2.05) is 0 Å². The Morgan fingerprint density at radius 2 is 1.57 bits per heavy atom. The van der Waals surface area contributed by atoms with Crippen LogP contribution >= 0.6 is 0 Å². The minimum Gasteiger partial charge on any atom is -0.403 e. The summed E-state index contributed by atoms with van der Waals surface area (Å²) in [5.74, 6) is -1.40. The van der Waals surface area contributed by atoms with Gasteiger partial charge in [-0.15, -0.1) is 13.2 Å². The molecule has 1 aromatic rings.